The number of hydrogen-bond donors (Lipinski definition) is 1. The van der Waals surface area contributed by atoms with E-state index in [1.807, 2.05) is 0 Å². The molecule has 1 saturated carbocycles. The highest BCUT2D eigenvalue weighted by Gasteiger charge is 2.74. The van der Waals surface area contributed by atoms with Gasteiger partial charge in [-0.25, -0.2) is 8.78 Å². The second-order valence-electron chi connectivity index (χ2n) is 6.61. The molecule has 2 fully saturated rings. The average molecular weight is 313 g/mol. The number of carbonyl (C=O) groups excluding carboxylic acids is 1. The lowest BCUT2D eigenvalue weighted by Crippen LogP contribution is -2.31. The fourth-order valence-corrected chi connectivity index (χ4v) is 3.14. The Morgan fingerprint density at radius 3 is 2.68 bits per heavy atom. The van der Waals surface area contributed by atoms with Crippen molar-refractivity contribution in [2.45, 2.75) is 38.7 Å². The minimum absolute atomic E-state index is 0.0161. The number of nitrogens with zero attached hydrogens (tertiary/aromatic N) is 2. The zero-order chi connectivity index (χ0) is 16.0. The SMILES string of the molecule is CC1(C)C(CNC(=O)c2ccnn2C2CCOCC2)C1(F)F. The van der Waals surface area contributed by atoms with Gasteiger partial charge in [0.15, 0.2) is 0 Å². The minimum Gasteiger partial charge on any atom is -0.381 e. The van der Waals surface area contributed by atoms with Crippen molar-refractivity contribution in [3.05, 3.63) is 18.0 Å². The third-order valence-electron chi connectivity index (χ3n) is 4.99. The van der Waals surface area contributed by atoms with Crippen LogP contribution < -0.4 is 5.32 Å². The molecule has 0 bridgehead atoms. The summed E-state index contributed by atoms with van der Waals surface area (Å²) in [5.74, 6) is -3.85. The van der Waals surface area contributed by atoms with Gasteiger partial charge in [-0.15, -0.1) is 0 Å². The van der Waals surface area contributed by atoms with E-state index in [0.717, 1.165) is 12.8 Å². The van der Waals surface area contributed by atoms with E-state index in [9.17, 15) is 13.6 Å². The van der Waals surface area contributed by atoms with Crippen LogP contribution >= 0.6 is 0 Å². The molecule has 1 aliphatic carbocycles. The smallest absolute Gasteiger partial charge is 0.269 e. The maximum absolute atomic E-state index is 13.6. The molecular formula is C15H21F2N3O2. The summed E-state index contributed by atoms with van der Waals surface area (Å²) < 4.78 is 34.1. The van der Waals surface area contributed by atoms with Gasteiger partial charge in [0.2, 0.25) is 0 Å². The second kappa shape index (κ2) is 5.30. The molecule has 1 N–H and O–H groups in total. The van der Waals surface area contributed by atoms with Gasteiger partial charge in [0, 0.05) is 31.4 Å². The molecule has 1 saturated heterocycles. The van der Waals surface area contributed by atoms with Crippen molar-refractivity contribution in [3.8, 4) is 0 Å². The van der Waals surface area contributed by atoms with Gasteiger partial charge in [0.25, 0.3) is 11.8 Å². The van der Waals surface area contributed by atoms with Gasteiger partial charge < -0.3 is 10.1 Å². The summed E-state index contributed by atoms with van der Waals surface area (Å²) in [6.07, 6.45) is 3.17. The first-order chi connectivity index (χ1) is 10.4. The molecule has 1 unspecified atom stereocenters. The van der Waals surface area contributed by atoms with Crippen LogP contribution in [0.4, 0.5) is 8.78 Å². The van der Waals surface area contributed by atoms with E-state index in [4.69, 9.17) is 4.74 Å². The molecule has 0 spiro atoms. The number of amides is 1. The first kappa shape index (κ1) is 15.4. The summed E-state index contributed by atoms with van der Waals surface area (Å²) in [5.41, 5.74) is -0.616. The number of hydrogen-bond acceptors (Lipinski definition) is 3. The molecule has 0 aromatic carbocycles. The van der Waals surface area contributed by atoms with Crippen LogP contribution in [-0.4, -0.2) is 41.4 Å². The highest BCUT2D eigenvalue weighted by molar-refractivity contribution is 5.92. The van der Waals surface area contributed by atoms with Crippen LogP contribution in [0.15, 0.2) is 12.3 Å². The van der Waals surface area contributed by atoms with Crippen molar-refractivity contribution in [3.63, 3.8) is 0 Å². The molecule has 1 aromatic rings. The van der Waals surface area contributed by atoms with Gasteiger partial charge in [-0.2, -0.15) is 5.10 Å². The van der Waals surface area contributed by atoms with Gasteiger partial charge in [0.1, 0.15) is 5.69 Å². The number of halogens is 2. The Kier molecular flexibility index (Phi) is 3.71. The van der Waals surface area contributed by atoms with Crippen LogP contribution in [0.1, 0.15) is 43.2 Å². The molecule has 7 heteroatoms. The predicted octanol–water partition coefficient (Wildman–Crippen LogP) is 2.26. The summed E-state index contributed by atoms with van der Waals surface area (Å²) >= 11 is 0. The summed E-state index contributed by atoms with van der Waals surface area (Å²) in [4.78, 5) is 12.3. The Balaban J connectivity index is 1.63. The largest absolute Gasteiger partial charge is 0.381 e. The Bertz CT molecular complexity index is 551. The Morgan fingerprint density at radius 2 is 2.09 bits per heavy atom. The molecular weight excluding hydrogens is 292 g/mol. The number of aromatic nitrogens is 2. The van der Waals surface area contributed by atoms with Crippen molar-refractivity contribution in [2.24, 2.45) is 11.3 Å². The predicted molar refractivity (Wildman–Crippen MR) is 75.9 cm³/mol. The standard InChI is InChI=1S/C15H21F2N3O2/c1-14(2)12(15(14,16)17)9-18-13(21)11-3-6-19-20(11)10-4-7-22-8-5-10/h3,6,10,12H,4-5,7-9H2,1-2H3,(H,18,21). The lowest BCUT2D eigenvalue weighted by atomic mass is 10.1. The molecule has 5 nitrogen and oxygen atoms in total. The quantitative estimate of drug-likeness (QED) is 0.927. The van der Waals surface area contributed by atoms with E-state index >= 15 is 0 Å². The van der Waals surface area contributed by atoms with Crippen molar-refractivity contribution < 1.29 is 18.3 Å². The van der Waals surface area contributed by atoms with Crippen molar-refractivity contribution in [1.82, 2.24) is 15.1 Å². The number of nitrogens with one attached hydrogen (secondary N) is 1. The summed E-state index contributed by atoms with van der Waals surface area (Å²) in [6.45, 7) is 4.33. The Labute approximate surface area is 128 Å². The first-order valence-electron chi connectivity index (χ1n) is 7.63. The summed E-state index contributed by atoms with van der Waals surface area (Å²) in [6, 6.07) is 1.75. The topological polar surface area (TPSA) is 56.2 Å². The van der Waals surface area contributed by atoms with Gasteiger partial charge in [-0.05, 0) is 18.9 Å². The third kappa shape index (κ3) is 2.41. The molecule has 122 valence electrons. The van der Waals surface area contributed by atoms with E-state index in [1.165, 1.54) is 13.8 Å². The van der Waals surface area contributed by atoms with Crippen LogP contribution in [0.2, 0.25) is 0 Å². The fourth-order valence-electron chi connectivity index (χ4n) is 3.14. The molecule has 2 aliphatic rings. The van der Waals surface area contributed by atoms with E-state index < -0.39 is 17.3 Å². The fraction of sp³-hybridized carbons (Fsp3) is 0.733. The summed E-state index contributed by atoms with van der Waals surface area (Å²) in [5, 5.41) is 6.84. The first-order valence-corrected chi connectivity index (χ1v) is 7.63. The maximum Gasteiger partial charge on any atom is 0.269 e. The lowest BCUT2D eigenvalue weighted by molar-refractivity contribution is 0.0631. The van der Waals surface area contributed by atoms with Crippen LogP contribution in [-0.2, 0) is 4.74 Å². The van der Waals surface area contributed by atoms with Gasteiger partial charge >= 0.3 is 0 Å². The average Bonchev–Trinajstić information content (AvgIpc) is 2.87. The molecule has 3 rings (SSSR count). The molecule has 1 atom stereocenters. The van der Waals surface area contributed by atoms with Gasteiger partial charge in [0.05, 0.1) is 12.0 Å². The van der Waals surface area contributed by atoms with E-state index in [2.05, 4.69) is 10.4 Å². The van der Waals surface area contributed by atoms with E-state index in [0.29, 0.717) is 18.9 Å². The molecule has 22 heavy (non-hydrogen) atoms. The molecule has 1 amide bonds. The minimum atomic E-state index is -2.71. The molecule has 2 heterocycles. The zero-order valence-electron chi connectivity index (χ0n) is 12.8. The number of rotatable bonds is 4. The van der Waals surface area contributed by atoms with Crippen LogP contribution in [0, 0.1) is 11.3 Å². The van der Waals surface area contributed by atoms with E-state index in [1.54, 1.807) is 16.9 Å². The normalized spacial score (nSPS) is 26.6. The van der Waals surface area contributed by atoms with Crippen molar-refractivity contribution in [1.29, 1.82) is 0 Å². The maximum atomic E-state index is 13.6. The van der Waals surface area contributed by atoms with Crippen LogP contribution in [0.3, 0.4) is 0 Å². The Hall–Kier alpha value is -1.50. The molecule has 1 aliphatic heterocycles. The molecule has 0 radical (unpaired) electrons. The van der Waals surface area contributed by atoms with Crippen LogP contribution in [0.25, 0.3) is 0 Å². The second-order valence-corrected chi connectivity index (χ2v) is 6.61. The lowest BCUT2D eigenvalue weighted by Gasteiger charge is -2.23. The number of carbonyl (C=O) groups is 1. The zero-order valence-corrected chi connectivity index (χ0v) is 12.8. The summed E-state index contributed by atoms with van der Waals surface area (Å²) in [7, 11) is 0. The molecule has 1 aromatic heterocycles. The Morgan fingerprint density at radius 1 is 1.45 bits per heavy atom. The van der Waals surface area contributed by atoms with Crippen molar-refractivity contribution >= 4 is 5.91 Å². The van der Waals surface area contributed by atoms with E-state index in [-0.39, 0.29) is 18.5 Å². The van der Waals surface area contributed by atoms with Gasteiger partial charge in [-0.1, -0.05) is 13.8 Å². The highest BCUT2D eigenvalue weighted by atomic mass is 19.3. The number of ether oxygens (including phenoxy) is 1. The van der Waals surface area contributed by atoms with Gasteiger partial charge in [-0.3, -0.25) is 9.48 Å². The third-order valence-corrected chi connectivity index (χ3v) is 4.99. The van der Waals surface area contributed by atoms with Crippen LogP contribution in [0.5, 0.6) is 0 Å². The van der Waals surface area contributed by atoms with Crippen molar-refractivity contribution in [2.75, 3.05) is 19.8 Å². The number of alkyl halides is 2. The highest BCUT2D eigenvalue weighted by Crippen LogP contribution is 2.65. The monoisotopic (exact) mass is 313 g/mol.